The molecule has 1 spiro atoms. The minimum absolute atomic E-state index is 0.143. The minimum atomic E-state index is -0.585. The summed E-state index contributed by atoms with van der Waals surface area (Å²) in [6, 6.07) is 12.8. The van der Waals surface area contributed by atoms with Gasteiger partial charge < -0.3 is 20.1 Å². The molecule has 2 aromatic carbocycles. The molecule has 2 N–H and O–H groups in total. The third-order valence-electron chi connectivity index (χ3n) is 6.48. The van der Waals surface area contributed by atoms with E-state index < -0.39 is 6.09 Å². The second kappa shape index (κ2) is 8.18. The van der Waals surface area contributed by atoms with Crippen molar-refractivity contribution >= 4 is 28.7 Å². The number of urea groups is 1. The molecule has 0 radical (unpaired) electrons. The van der Waals surface area contributed by atoms with Crippen LogP contribution in [0, 0.1) is 0 Å². The third-order valence-corrected chi connectivity index (χ3v) is 6.48. The second-order valence-corrected chi connectivity index (χ2v) is 8.50. The van der Waals surface area contributed by atoms with Gasteiger partial charge >= 0.3 is 12.1 Å². The van der Waals surface area contributed by atoms with E-state index in [0.717, 1.165) is 43.4 Å². The number of nitrogens with zero attached hydrogens (tertiary/aromatic N) is 2. The summed E-state index contributed by atoms with van der Waals surface area (Å²) in [4.78, 5) is 24.9. The Morgan fingerprint density at radius 1 is 1.12 bits per heavy atom. The van der Waals surface area contributed by atoms with Gasteiger partial charge in [-0.3, -0.25) is 0 Å². The number of carbonyl (C=O) groups is 2. The highest BCUT2D eigenvalue weighted by molar-refractivity contribution is 6.02. The number of rotatable bonds is 2. The van der Waals surface area contributed by atoms with Crippen LogP contribution >= 0.6 is 0 Å². The van der Waals surface area contributed by atoms with Crippen molar-refractivity contribution in [3.05, 3.63) is 54.2 Å². The lowest BCUT2D eigenvalue weighted by molar-refractivity contribution is -0.000996. The summed E-state index contributed by atoms with van der Waals surface area (Å²) < 4.78 is 12.4. The summed E-state index contributed by atoms with van der Waals surface area (Å²) >= 11 is 0. The van der Waals surface area contributed by atoms with Gasteiger partial charge in [0.05, 0.1) is 30.6 Å². The normalized spacial score (nSPS) is 19.1. The molecule has 1 aliphatic heterocycles. The first-order valence-electron chi connectivity index (χ1n) is 11.0. The molecule has 1 fully saturated rings. The Hall–Kier alpha value is -3.55. The molecule has 1 atom stereocenters. The Morgan fingerprint density at radius 3 is 2.75 bits per heavy atom. The van der Waals surface area contributed by atoms with Gasteiger partial charge in [0.15, 0.2) is 0 Å². The van der Waals surface area contributed by atoms with Crippen molar-refractivity contribution in [1.29, 1.82) is 0 Å². The number of carbonyl (C=O) groups excluding carboxylic acids is 2. The molecule has 0 saturated heterocycles. The van der Waals surface area contributed by atoms with E-state index in [2.05, 4.69) is 15.7 Å². The quantitative estimate of drug-likeness (QED) is 0.592. The number of amides is 2. The van der Waals surface area contributed by atoms with Crippen LogP contribution in [-0.2, 0) is 4.74 Å². The molecule has 166 valence electrons. The summed E-state index contributed by atoms with van der Waals surface area (Å²) in [5, 5.41) is 10.8. The molecule has 8 heteroatoms. The van der Waals surface area contributed by atoms with Crippen LogP contribution in [0.4, 0.5) is 15.3 Å². The number of methoxy groups -OCH3 is 1. The fraction of sp³-hybridized carbons (Fsp3) is 0.375. The van der Waals surface area contributed by atoms with Crippen LogP contribution < -0.4 is 15.4 Å². The maximum absolute atomic E-state index is 13.0. The molecule has 8 nitrogen and oxygen atoms in total. The Kier molecular flexibility index (Phi) is 5.20. The van der Waals surface area contributed by atoms with Crippen LogP contribution in [-0.4, -0.2) is 34.6 Å². The molecule has 1 aromatic heterocycles. The van der Waals surface area contributed by atoms with Gasteiger partial charge in [-0.1, -0.05) is 30.7 Å². The summed E-state index contributed by atoms with van der Waals surface area (Å²) in [6.07, 6.45) is 7.25. The molecule has 1 saturated carbocycles. The summed E-state index contributed by atoms with van der Waals surface area (Å²) in [6.45, 7) is 0. The van der Waals surface area contributed by atoms with Crippen molar-refractivity contribution in [2.24, 2.45) is 0 Å². The van der Waals surface area contributed by atoms with E-state index in [-0.39, 0.29) is 17.7 Å². The molecule has 2 heterocycles. The number of benzene rings is 2. The largest absolute Gasteiger partial charge is 0.487 e. The smallest absolute Gasteiger partial charge is 0.434 e. The topological polar surface area (TPSA) is 94.5 Å². The summed E-state index contributed by atoms with van der Waals surface area (Å²) in [7, 11) is 1.30. The maximum atomic E-state index is 13.0. The molecule has 1 aliphatic carbocycles. The number of anilines is 1. The van der Waals surface area contributed by atoms with Gasteiger partial charge in [0.2, 0.25) is 0 Å². The monoisotopic (exact) mass is 434 g/mol. The first kappa shape index (κ1) is 20.4. The number of para-hydroxylation sites is 1. The first-order chi connectivity index (χ1) is 15.6. The predicted molar refractivity (Wildman–Crippen MR) is 120 cm³/mol. The number of ether oxygens (including phenoxy) is 2. The van der Waals surface area contributed by atoms with Gasteiger partial charge in [-0.05, 0) is 43.9 Å². The van der Waals surface area contributed by atoms with Crippen LogP contribution in [0.5, 0.6) is 5.75 Å². The average Bonchev–Trinajstić information content (AvgIpc) is 3.24. The first-order valence-corrected chi connectivity index (χ1v) is 11.0. The van der Waals surface area contributed by atoms with E-state index in [1.807, 2.05) is 24.3 Å². The standard InChI is InChI=1S/C24H26N4O4/c1-31-23(30)28-20-10-7-9-18(17(20)15-25-28)26-22(29)27-19-14-24(12-5-2-6-13-24)32-21-11-4-3-8-16(19)21/h3-4,7-11,15,19H,2,5-6,12-14H2,1H3,(H2,26,27,29). The van der Waals surface area contributed by atoms with E-state index in [9.17, 15) is 9.59 Å². The van der Waals surface area contributed by atoms with Gasteiger partial charge in [-0.2, -0.15) is 9.78 Å². The molecule has 3 aromatic rings. The van der Waals surface area contributed by atoms with Crippen LogP contribution in [0.2, 0.25) is 0 Å². The van der Waals surface area contributed by atoms with Crippen molar-refractivity contribution < 1.29 is 19.1 Å². The maximum Gasteiger partial charge on any atom is 0.434 e. The number of fused-ring (bicyclic) bond motifs is 2. The van der Waals surface area contributed by atoms with Crippen LogP contribution in [0.1, 0.15) is 50.1 Å². The van der Waals surface area contributed by atoms with Crippen molar-refractivity contribution in [1.82, 2.24) is 15.1 Å². The minimum Gasteiger partial charge on any atom is -0.487 e. The predicted octanol–water partition coefficient (Wildman–Crippen LogP) is 5.00. The van der Waals surface area contributed by atoms with Crippen molar-refractivity contribution in [3.63, 3.8) is 0 Å². The Morgan fingerprint density at radius 2 is 1.94 bits per heavy atom. The summed E-state index contributed by atoms with van der Waals surface area (Å²) in [5.74, 6) is 0.854. The highest BCUT2D eigenvalue weighted by Gasteiger charge is 2.42. The van der Waals surface area contributed by atoms with Crippen LogP contribution in [0.15, 0.2) is 48.7 Å². The highest BCUT2D eigenvalue weighted by Crippen LogP contribution is 2.46. The Labute approximate surface area is 185 Å². The number of aromatic nitrogens is 2. The van der Waals surface area contributed by atoms with E-state index in [0.29, 0.717) is 16.6 Å². The van der Waals surface area contributed by atoms with Crippen LogP contribution in [0.25, 0.3) is 10.9 Å². The second-order valence-electron chi connectivity index (χ2n) is 8.50. The molecule has 1 unspecified atom stereocenters. The van der Waals surface area contributed by atoms with Gasteiger partial charge in [-0.15, -0.1) is 0 Å². The molecule has 2 amide bonds. The SMILES string of the molecule is COC(=O)n1ncc2c(NC(=O)NC3CC4(CCCCC4)Oc4ccccc43)cccc21. The van der Waals surface area contributed by atoms with E-state index in [1.165, 1.54) is 18.2 Å². The Bertz CT molecular complexity index is 1170. The number of hydrogen-bond donors (Lipinski definition) is 2. The fourth-order valence-electron chi connectivity index (χ4n) is 4.96. The highest BCUT2D eigenvalue weighted by atomic mass is 16.5. The molecule has 2 aliphatic rings. The number of nitrogens with one attached hydrogen (secondary N) is 2. The van der Waals surface area contributed by atoms with Crippen molar-refractivity contribution in [2.45, 2.75) is 50.2 Å². The zero-order chi connectivity index (χ0) is 22.1. The zero-order valence-electron chi connectivity index (χ0n) is 18.0. The third kappa shape index (κ3) is 3.66. The molecular weight excluding hydrogens is 408 g/mol. The van der Waals surface area contributed by atoms with E-state index in [1.54, 1.807) is 24.4 Å². The lowest BCUT2D eigenvalue weighted by atomic mass is 9.77. The van der Waals surface area contributed by atoms with Crippen LogP contribution in [0.3, 0.4) is 0 Å². The van der Waals surface area contributed by atoms with Gasteiger partial charge in [0, 0.05) is 17.4 Å². The van der Waals surface area contributed by atoms with E-state index >= 15 is 0 Å². The molecule has 0 bridgehead atoms. The zero-order valence-corrected chi connectivity index (χ0v) is 18.0. The fourth-order valence-corrected chi connectivity index (χ4v) is 4.96. The van der Waals surface area contributed by atoms with E-state index in [4.69, 9.17) is 9.47 Å². The molecule has 5 rings (SSSR count). The van der Waals surface area contributed by atoms with Gasteiger partial charge in [0.25, 0.3) is 0 Å². The molecule has 32 heavy (non-hydrogen) atoms. The number of hydrogen-bond acceptors (Lipinski definition) is 5. The molecular formula is C24H26N4O4. The van der Waals surface area contributed by atoms with Gasteiger partial charge in [0.1, 0.15) is 11.4 Å². The Balaban J connectivity index is 1.38. The van der Waals surface area contributed by atoms with Crippen molar-refractivity contribution in [2.75, 3.05) is 12.4 Å². The summed E-state index contributed by atoms with van der Waals surface area (Å²) in [5.41, 5.74) is 1.91. The lowest BCUT2D eigenvalue weighted by Crippen LogP contribution is -2.47. The van der Waals surface area contributed by atoms with Gasteiger partial charge in [-0.25, -0.2) is 9.59 Å². The lowest BCUT2D eigenvalue weighted by Gasteiger charge is -2.44. The average molecular weight is 434 g/mol. The van der Waals surface area contributed by atoms with Crippen molar-refractivity contribution in [3.8, 4) is 5.75 Å².